The second kappa shape index (κ2) is 9.16. The van der Waals surface area contributed by atoms with Crippen LogP contribution in [0.3, 0.4) is 0 Å². The summed E-state index contributed by atoms with van der Waals surface area (Å²) in [7, 11) is 1.61. The highest BCUT2D eigenvalue weighted by Gasteiger charge is 2.19. The average molecular weight is 367 g/mol. The Morgan fingerprint density at radius 2 is 1.70 bits per heavy atom. The molecule has 1 aliphatic heterocycles. The molecular formula is C21H25N3O3. The van der Waals surface area contributed by atoms with Gasteiger partial charge < -0.3 is 15.0 Å². The lowest BCUT2D eigenvalue weighted by Gasteiger charge is -2.20. The van der Waals surface area contributed by atoms with Gasteiger partial charge in [-0.3, -0.25) is 14.6 Å². The third-order valence-electron chi connectivity index (χ3n) is 4.75. The molecule has 1 fully saturated rings. The maximum atomic E-state index is 12.7. The maximum absolute atomic E-state index is 12.7. The van der Waals surface area contributed by atoms with E-state index in [-0.39, 0.29) is 11.8 Å². The van der Waals surface area contributed by atoms with Crippen LogP contribution in [0.1, 0.15) is 52.0 Å². The molecule has 0 atom stereocenters. The fraction of sp³-hybridized carbons (Fsp3) is 0.381. The summed E-state index contributed by atoms with van der Waals surface area (Å²) >= 11 is 0. The molecule has 0 saturated carbocycles. The summed E-state index contributed by atoms with van der Waals surface area (Å²) in [5.74, 6) is 0.479. The summed E-state index contributed by atoms with van der Waals surface area (Å²) in [6.45, 7) is 1.94. The van der Waals surface area contributed by atoms with Crippen molar-refractivity contribution >= 4 is 11.8 Å². The van der Waals surface area contributed by atoms with Gasteiger partial charge in [0, 0.05) is 32.0 Å². The maximum Gasteiger partial charge on any atom is 0.255 e. The van der Waals surface area contributed by atoms with Crippen molar-refractivity contribution in [1.82, 2.24) is 15.2 Å². The molecule has 2 heterocycles. The predicted molar refractivity (Wildman–Crippen MR) is 103 cm³/mol. The number of ether oxygens (including phenoxy) is 1. The van der Waals surface area contributed by atoms with E-state index in [1.165, 1.54) is 12.4 Å². The van der Waals surface area contributed by atoms with Gasteiger partial charge in [-0.1, -0.05) is 25.0 Å². The van der Waals surface area contributed by atoms with Crippen LogP contribution in [0.25, 0.3) is 0 Å². The van der Waals surface area contributed by atoms with Crippen LogP contribution in [0.2, 0.25) is 0 Å². The second-order valence-corrected chi connectivity index (χ2v) is 6.70. The van der Waals surface area contributed by atoms with Crippen molar-refractivity contribution < 1.29 is 14.3 Å². The number of nitrogens with zero attached hydrogens (tertiary/aromatic N) is 2. The molecule has 0 spiro atoms. The Hall–Kier alpha value is -2.89. The lowest BCUT2D eigenvalue weighted by molar-refractivity contribution is 0.0761. The van der Waals surface area contributed by atoms with Gasteiger partial charge in [0.1, 0.15) is 5.75 Å². The first-order valence-electron chi connectivity index (χ1n) is 9.33. The van der Waals surface area contributed by atoms with Crippen LogP contribution in [0.15, 0.2) is 42.7 Å². The quantitative estimate of drug-likeness (QED) is 0.882. The minimum Gasteiger partial charge on any atom is -0.497 e. The van der Waals surface area contributed by atoms with Crippen LogP contribution in [0.4, 0.5) is 0 Å². The van der Waals surface area contributed by atoms with Gasteiger partial charge in [-0.15, -0.1) is 0 Å². The third-order valence-corrected chi connectivity index (χ3v) is 4.75. The minimum atomic E-state index is -0.246. The van der Waals surface area contributed by atoms with Gasteiger partial charge in [0.2, 0.25) is 0 Å². The van der Waals surface area contributed by atoms with E-state index in [0.29, 0.717) is 17.7 Å². The lowest BCUT2D eigenvalue weighted by atomic mass is 10.1. The lowest BCUT2D eigenvalue weighted by Crippen LogP contribution is -2.32. The molecular weight excluding hydrogens is 342 g/mol. The van der Waals surface area contributed by atoms with Crippen LogP contribution in [-0.4, -0.2) is 41.9 Å². The molecule has 27 heavy (non-hydrogen) atoms. The highest BCUT2D eigenvalue weighted by Crippen LogP contribution is 2.14. The summed E-state index contributed by atoms with van der Waals surface area (Å²) in [4.78, 5) is 31.1. The van der Waals surface area contributed by atoms with Crippen LogP contribution >= 0.6 is 0 Å². The molecule has 1 N–H and O–H groups in total. The van der Waals surface area contributed by atoms with Crippen molar-refractivity contribution in [3.8, 4) is 5.75 Å². The molecule has 3 rings (SSSR count). The molecule has 2 aromatic rings. The molecule has 0 bridgehead atoms. The molecule has 0 unspecified atom stereocenters. The zero-order valence-corrected chi connectivity index (χ0v) is 15.6. The number of benzene rings is 1. The third kappa shape index (κ3) is 5.06. The molecule has 142 valence electrons. The Kier molecular flexibility index (Phi) is 6.41. The topological polar surface area (TPSA) is 71.5 Å². The van der Waals surface area contributed by atoms with E-state index < -0.39 is 0 Å². The summed E-state index contributed by atoms with van der Waals surface area (Å²) in [6, 6.07) is 9.13. The number of nitrogens with one attached hydrogen (secondary N) is 1. The Bertz CT molecular complexity index is 782. The Labute approximate surface area is 159 Å². The molecule has 1 saturated heterocycles. The highest BCUT2D eigenvalue weighted by atomic mass is 16.5. The van der Waals surface area contributed by atoms with E-state index in [0.717, 1.165) is 50.1 Å². The molecule has 1 aromatic carbocycles. The van der Waals surface area contributed by atoms with E-state index in [4.69, 9.17) is 4.74 Å². The fourth-order valence-corrected chi connectivity index (χ4v) is 3.17. The normalized spacial score (nSPS) is 14.3. The zero-order chi connectivity index (χ0) is 19.1. The number of amides is 2. The van der Waals surface area contributed by atoms with Gasteiger partial charge in [-0.25, -0.2) is 0 Å². The molecule has 1 aliphatic rings. The van der Waals surface area contributed by atoms with Crippen LogP contribution < -0.4 is 10.1 Å². The SMILES string of the molecule is COc1ccc(CNC(=O)c2cncc(C(=O)N3CCCCCC3)c2)cc1. The van der Waals surface area contributed by atoms with Gasteiger partial charge in [-0.05, 0) is 36.6 Å². The molecule has 2 amide bonds. The fourth-order valence-electron chi connectivity index (χ4n) is 3.17. The largest absolute Gasteiger partial charge is 0.497 e. The number of methoxy groups -OCH3 is 1. The number of pyridine rings is 1. The van der Waals surface area contributed by atoms with Crippen molar-refractivity contribution in [3.05, 3.63) is 59.4 Å². The highest BCUT2D eigenvalue weighted by molar-refractivity contribution is 5.99. The van der Waals surface area contributed by atoms with E-state index >= 15 is 0 Å². The van der Waals surface area contributed by atoms with Crippen LogP contribution in [0, 0.1) is 0 Å². The van der Waals surface area contributed by atoms with Gasteiger partial charge in [0.25, 0.3) is 11.8 Å². The molecule has 0 radical (unpaired) electrons. The smallest absolute Gasteiger partial charge is 0.255 e. The number of carbonyl (C=O) groups is 2. The van der Waals surface area contributed by atoms with Crippen molar-refractivity contribution in [1.29, 1.82) is 0 Å². The molecule has 1 aromatic heterocycles. The summed E-state index contributed by atoms with van der Waals surface area (Å²) in [5, 5.41) is 2.86. The molecule has 6 nitrogen and oxygen atoms in total. The summed E-state index contributed by atoms with van der Waals surface area (Å²) in [6.07, 6.45) is 7.41. The number of rotatable bonds is 5. The van der Waals surface area contributed by atoms with Crippen molar-refractivity contribution in [2.24, 2.45) is 0 Å². The first kappa shape index (κ1) is 18.9. The molecule has 0 aliphatic carbocycles. The standard InChI is InChI=1S/C21H25N3O3/c1-27-19-8-6-16(7-9-19)13-23-20(25)17-12-18(15-22-14-17)21(26)24-10-4-2-3-5-11-24/h6-9,12,14-15H,2-5,10-11,13H2,1H3,(H,23,25). The number of hydrogen-bond acceptors (Lipinski definition) is 4. The number of likely N-dealkylation sites (tertiary alicyclic amines) is 1. The average Bonchev–Trinajstić information content (AvgIpc) is 3.01. The van der Waals surface area contributed by atoms with Gasteiger partial charge in [0.15, 0.2) is 0 Å². The van der Waals surface area contributed by atoms with E-state index in [2.05, 4.69) is 10.3 Å². The van der Waals surface area contributed by atoms with Crippen LogP contribution in [0.5, 0.6) is 5.75 Å². The first-order chi connectivity index (χ1) is 13.2. The Morgan fingerprint density at radius 1 is 1.04 bits per heavy atom. The van der Waals surface area contributed by atoms with Gasteiger partial charge in [-0.2, -0.15) is 0 Å². The number of hydrogen-bond donors (Lipinski definition) is 1. The number of aromatic nitrogens is 1. The van der Waals surface area contributed by atoms with Crippen molar-refractivity contribution in [2.75, 3.05) is 20.2 Å². The zero-order valence-electron chi connectivity index (χ0n) is 15.6. The van der Waals surface area contributed by atoms with E-state index in [9.17, 15) is 9.59 Å². The monoisotopic (exact) mass is 367 g/mol. The van der Waals surface area contributed by atoms with Crippen LogP contribution in [-0.2, 0) is 6.54 Å². The number of carbonyl (C=O) groups excluding carboxylic acids is 2. The summed E-state index contributed by atoms with van der Waals surface area (Å²) in [5.41, 5.74) is 1.83. The first-order valence-corrected chi connectivity index (χ1v) is 9.33. The second-order valence-electron chi connectivity index (χ2n) is 6.70. The Morgan fingerprint density at radius 3 is 2.37 bits per heavy atom. The van der Waals surface area contributed by atoms with E-state index in [1.54, 1.807) is 13.2 Å². The van der Waals surface area contributed by atoms with E-state index in [1.807, 2.05) is 29.2 Å². The summed E-state index contributed by atoms with van der Waals surface area (Å²) < 4.78 is 5.13. The predicted octanol–water partition coefficient (Wildman–Crippen LogP) is 3.04. The van der Waals surface area contributed by atoms with Gasteiger partial charge >= 0.3 is 0 Å². The Balaban J connectivity index is 1.63. The van der Waals surface area contributed by atoms with Crippen molar-refractivity contribution in [3.63, 3.8) is 0 Å². The van der Waals surface area contributed by atoms with Crippen molar-refractivity contribution in [2.45, 2.75) is 32.2 Å². The molecule has 6 heteroatoms. The minimum absolute atomic E-state index is 0.0470. The van der Waals surface area contributed by atoms with Gasteiger partial charge in [0.05, 0.1) is 18.2 Å².